The van der Waals surface area contributed by atoms with Crippen LogP contribution < -0.4 is 5.43 Å². The number of carbonyl (C=O) groups excluding carboxylic acids is 2. The minimum absolute atomic E-state index is 0.0225. The molecule has 0 N–H and O–H groups in total. The standard InChI is InChI=1S/C28H31NO6/c1-15-7-8-22-18(10-15)26(31)19(14-34-22)24-23(27(32)35-13-17-6-5-9-33-17)16(2)29-20-11-28(3,4)12-21(30)25(20)24/h7-8,10,14,17,24-25H,5-6,9,11-13H2,1-4H3/t17-,24-,25?/m1/s1. The van der Waals surface area contributed by atoms with E-state index in [1.54, 1.807) is 19.1 Å². The maximum absolute atomic E-state index is 13.7. The van der Waals surface area contributed by atoms with E-state index in [0.717, 1.165) is 18.4 Å². The van der Waals surface area contributed by atoms with Crippen molar-refractivity contribution < 1.29 is 23.5 Å². The van der Waals surface area contributed by atoms with Crippen LogP contribution in [0.1, 0.15) is 63.5 Å². The Bertz CT molecular complexity index is 1320. The van der Waals surface area contributed by atoms with E-state index < -0.39 is 17.8 Å². The van der Waals surface area contributed by atoms with Crippen LogP contribution >= 0.6 is 0 Å². The number of ether oxygens (including phenoxy) is 2. The van der Waals surface area contributed by atoms with Crippen molar-refractivity contribution in [3.8, 4) is 0 Å². The molecule has 35 heavy (non-hydrogen) atoms. The van der Waals surface area contributed by atoms with Gasteiger partial charge in [0.2, 0.25) is 0 Å². The maximum atomic E-state index is 13.7. The van der Waals surface area contributed by atoms with E-state index >= 15 is 0 Å². The average molecular weight is 478 g/mol. The lowest BCUT2D eigenvalue weighted by Crippen LogP contribution is -2.45. The molecule has 2 aliphatic heterocycles. The number of allylic oxidation sites excluding steroid dienone is 1. The number of fused-ring (bicyclic) bond motifs is 2. The summed E-state index contributed by atoms with van der Waals surface area (Å²) in [5.41, 5.74) is 2.65. The number of esters is 1. The van der Waals surface area contributed by atoms with Crippen LogP contribution in [0.5, 0.6) is 0 Å². The van der Waals surface area contributed by atoms with Gasteiger partial charge in [-0.3, -0.25) is 14.6 Å². The Balaban J connectivity index is 1.63. The van der Waals surface area contributed by atoms with Crippen molar-refractivity contribution in [2.24, 2.45) is 16.3 Å². The van der Waals surface area contributed by atoms with Gasteiger partial charge in [0, 0.05) is 35.9 Å². The molecule has 0 radical (unpaired) electrons. The smallest absolute Gasteiger partial charge is 0.336 e. The molecule has 1 saturated heterocycles. The van der Waals surface area contributed by atoms with Crippen LogP contribution in [0.4, 0.5) is 0 Å². The fourth-order valence-corrected chi connectivity index (χ4v) is 5.69. The average Bonchev–Trinajstić information content (AvgIpc) is 3.30. The topological polar surface area (TPSA) is 95.2 Å². The molecule has 0 bridgehead atoms. The number of Topliss-reactive ketones (excluding diaryl/α,β-unsaturated/α-hetero) is 1. The van der Waals surface area contributed by atoms with Gasteiger partial charge in [0.05, 0.1) is 29.2 Å². The first kappa shape index (κ1) is 23.7. The number of ketones is 1. The lowest BCUT2D eigenvalue weighted by Gasteiger charge is -2.40. The fraction of sp³-hybridized carbons (Fsp3) is 0.500. The molecule has 184 valence electrons. The fourth-order valence-electron chi connectivity index (χ4n) is 5.69. The van der Waals surface area contributed by atoms with Gasteiger partial charge in [0.15, 0.2) is 5.43 Å². The van der Waals surface area contributed by atoms with Crippen molar-refractivity contribution in [1.82, 2.24) is 0 Å². The predicted molar refractivity (Wildman–Crippen MR) is 132 cm³/mol. The highest BCUT2D eigenvalue weighted by Gasteiger charge is 2.48. The molecule has 2 fully saturated rings. The molecule has 2 aromatic rings. The van der Waals surface area contributed by atoms with Crippen molar-refractivity contribution in [3.63, 3.8) is 0 Å². The summed E-state index contributed by atoms with van der Waals surface area (Å²) in [6, 6.07) is 5.41. The highest BCUT2D eigenvalue weighted by molar-refractivity contribution is 6.12. The van der Waals surface area contributed by atoms with E-state index in [-0.39, 0.29) is 40.5 Å². The van der Waals surface area contributed by atoms with Crippen LogP contribution in [0.25, 0.3) is 11.0 Å². The quantitative estimate of drug-likeness (QED) is 0.596. The zero-order valence-corrected chi connectivity index (χ0v) is 20.7. The van der Waals surface area contributed by atoms with Crippen LogP contribution in [0.3, 0.4) is 0 Å². The first-order chi connectivity index (χ1) is 16.6. The van der Waals surface area contributed by atoms with Gasteiger partial charge in [0.25, 0.3) is 0 Å². The number of hydrogen-bond donors (Lipinski definition) is 0. The summed E-state index contributed by atoms with van der Waals surface area (Å²) in [6.45, 7) is 8.52. The van der Waals surface area contributed by atoms with Gasteiger partial charge in [-0.2, -0.15) is 0 Å². The van der Waals surface area contributed by atoms with Gasteiger partial charge in [0.1, 0.15) is 18.0 Å². The second-order valence-corrected chi connectivity index (χ2v) is 10.8. The lowest BCUT2D eigenvalue weighted by atomic mass is 9.63. The summed E-state index contributed by atoms with van der Waals surface area (Å²) >= 11 is 0. The van der Waals surface area contributed by atoms with Crippen LogP contribution in [-0.2, 0) is 19.1 Å². The summed E-state index contributed by atoms with van der Waals surface area (Å²) in [6.07, 6.45) is 4.01. The molecule has 1 aromatic carbocycles. The van der Waals surface area contributed by atoms with Crippen LogP contribution in [0, 0.1) is 18.3 Å². The van der Waals surface area contributed by atoms with E-state index in [0.29, 0.717) is 41.8 Å². The van der Waals surface area contributed by atoms with Crippen molar-refractivity contribution in [1.29, 1.82) is 0 Å². The van der Waals surface area contributed by atoms with Gasteiger partial charge in [-0.25, -0.2) is 4.79 Å². The third kappa shape index (κ3) is 4.38. The molecule has 7 nitrogen and oxygen atoms in total. The van der Waals surface area contributed by atoms with Crippen molar-refractivity contribution >= 4 is 28.4 Å². The molecular formula is C28H31NO6. The first-order valence-corrected chi connectivity index (χ1v) is 12.3. The molecule has 1 saturated carbocycles. The van der Waals surface area contributed by atoms with Crippen molar-refractivity contribution in [3.05, 3.63) is 57.1 Å². The van der Waals surface area contributed by atoms with E-state index in [2.05, 4.69) is 0 Å². The largest absolute Gasteiger partial charge is 0.464 e. The molecule has 7 heteroatoms. The normalized spacial score (nSPS) is 26.0. The van der Waals surface area contributed by atoms with Gasteiger partial charge < -0.3 is 13.9 Å². The lowest BCUT2D eigenvalue weighted by molar-refractivity contribution is -0.142. The van der Waals surface area contributed by atoms with E-state index in [9.17, 15) is 14.4 Å². The Morgan fingerprint density at radius 2 is 1.97 bits per heavy atom. The van der Waals surface area contributed by atoms with Crippen LogP contribution in [0.15, 0.2) is 49.9 Å². The summed E-state index contributed by atoms with van der Waals surface area (Å²) in [4.78, 5) is 45.4. The Kier molecular flexibility index (Phi) is 5.99. The van der Waals surface area contributed by atoms with E-state index in [4.69, 9.17) is 18.9 Å². The van der Waals surface area contributed by atoms with Gasteiger partial charge in [-0.15, -0.1) is 0 Å². The predicted octanol–water partition coefficient (Wildman–Crippen LogP) is 4.64. The highest BCUT2D eigenvalue weighted by Crippen LogP contribution is 2.46. The molecule has 3 heterocycles. The second-order valence-electron chi connectivity index (χ2n) is 10.8. The van der Waals surface area contributed by atoms with Gasteiger partial charge >= 0.3 is 5.97 Å². The highest BCUT2D eigenvalue weighted by atomic mass is 16.6. The maximum Gasteiger partial charge on any atom is 0.336 e. The summed E-state index contributed by atoms with van der Waals surface area (Å²) in [5.74, 6) is -2.08. The minimum Gasteiger partial charge on any atom is -0.464 e. The SMILES string of the molecule is CC1=C(C(=O)OC[C@H]2CCCO2)[C@@H](c2coc3ccc(C)cc3c2=O)C2C(=O)CC(C)(C)CC2=N1. The van der Waals surface area contributed by atoms with Crippen LogP contribution in [0.2, 0.25) is 0 Å². The number of hydrogen-bond acceptors (Lipinski definition) is 7. The molecule has 1 unspecified atom stereocenters. The molecule has 0 spiro atoms. The Hall–Kier alpha value is -3.06. The molecule has 3 aliphatic rings. The zero-order chi connectivity index (χ0) is 24.9. The number of benzene rings is 1. The van der Waals surface area contributed by atoms with Crippen LogP contribution in [-0.4, -0.2) is 36.8 Å². The Labute approximate surface area is 204 Å². The van der Waals surface area contributed by atoms with Gasteiger partial charge in [-0.1, -0.05) is 25.5 Å². The molecule has 5 rings (SSSR count). The summed E-state index contributed by atoms with van der Waals surface area (Å²) in [5, 5.41) is 0.430. The molecular weight excluding hydrogens is 446 g/mol. The number of aryl methyl sites for hydroxylation is 1. The molecule has 1 aromatic heterocycles. The van der Waals surface area contributed by atoms with Crippen molar-refractivity contribution in [2.75, 3.05) is 13.2 Å². The molecule has 1 aliphatic carbocycles. The second kappa shape index (κ2) is 8.86. The van der Waals surface area contributed by atoms with Gasteiger partial charge in [-0.05, 0) is 50.7 Å². The molecule has 0 amide bonds. The van der Waals surface area contributed by atoms with E-state index in [1.165, 1.54) is 6.26 Å². The number of nitrogens with zero attached hydrogens (tertiary/aromatic N) is 1. The third-order valence-electron chi connectivity index (χ3n) is 7.30. The molecule has 3 atom stereocenters. The zero-order valence-electron chi connectivity index (χ0n) is 20.7. The number of rotatable bonds is 4. The number of carbonyl (C=O) groups is 2. The van der Waals surface area contributed by atoms with Crippen molar-refractivity contribution in [2.45, 2.75) is 65.4 Å². The summed E-state index contributed by atoms with van der Waals surface area (Å²) < 4.78 is 17.1. The first-order valence-electron chi connectivity index (χ1n) is 12.3. The number of aliphatic imine (C=N–C) groups is 1. The third-order valence-corrected chi connectivity index (χ3v) is 7.30. The Morgan fingerprint density at radius 3 is 2.71 bits per heavy atom. The van der Waals surface area contributed by atoms with E-state index in [1.807, 2.05) is 26.8 Å². The summed E-state index contributed by atoms with van der Waals surface area (Å²) in [7, 11) is 0. The minimum atomic E-state index is -0.802. The monoisotopic (exact) mass is 477 g/mol. The Morgan fingerprint density at radius 1 is 1.17 bits per heavy atom.